The Kier molecular flexibility index (Phi) is 8.66. The van der Waals surface area contributed by atoms with E-state index in [0.717, 1.165) is 12.2 Å². The van der Waals surface area contributed by atoms with Crippen LogP contribution in [0.4, 0.5) is 4.79 Å². The lowest BCUT2D eigenvalue weighted by molar-refractivity contribution is -0.139. The maximum Gasteiger partial charge on any atom is 0.326 e. The predicted molar refractivity (Wildman–Crippen MR) is 70.4 cm³/mol. The summed E-state index contributed by atoms with van der Waals surface area (Å²) in [6.07, 6.45) is 3.33. The van der Waals surface area contributed by atoms with E-state index >= 15 is 0 Å². The minimum atomic E-state index is -0.988. The molecule has 0 aromatic heterocycles. The maximum absolute atomic E-state index is 11.4. The highest BCUT2D eigenvalue weighted by molar-refractivity contribution is 7.98. The summed E-state index contributed by atoms with van der Waals surface area (Å²) in [6.45, 7) is 4.42. The largest absolute Gasteiger partial charge is 0.480 e. The molecule has 0 heterocycles. The molecule has 0 aromatic rings. The zero-order valence-electron chi connectivity index (χ0n) is 10.7. The van der Waals surface area contributed by atoms with E-state index in [1.165, 1.54) is 0 Å². The third-order valence-corrected chi connectivity index (χ3v) is 2.82. The minimum absolute atomic E-state index is 0.230. The Labute approximate surface area is 107 Å². The number of urea groups is 1. The molecule has 0 rings (SSSR count). The molecule has 17 heavy (non-hydrogen) atoms. The molecule has 3 N–H and O–H groups in total. The van der Waals surface area contributed by atoms with Crippen LogP contribution in [0.1, 0.15) is 26.7 Å². The van der Waals surface area contributed by atoms with Crippen LogP contribution in [0.5, 0.6) is 0 Å². The lowest BCUT2D eigenvalue weighted by atomic mass is 10.0. The van der Waals surface area contributed by atoms with Gasteiger partial charge in [0.15, 0.2) is 0 Å². The van der Waals surface area contributed by atoms with Crippen LogP contribution < -0.4 is 10.6 Å². The van der Waals surface area contributed by atoms with E-state index in [9.17, 15) is 9.59 Å². The van der Waals surface area contributed by atoms with Crippen molar-refractivity contribution in [1.82, 2.24) is 10.6 Å². The number of carboxylic acid groups (broad SMARTS) is 1. The quantitative estimate of drug-likeness (QED) is 0.580. The van der Waals surface area contributed by atoms with Crippen molar-refractivity contribution in [3.63, 3.8) is 0 Å². The maximum atomic E-state index is 11.4. The highest BCUT2D eigenvalue weighted by Crippen LogP contribution is 2.04. The number of hydrogen-bond donors (Lipinski definition) is 3. The van der Waals surface area contributed by atoms with Crippen LogP contribution in [0.2, 0.25) is 0 Å². The molecule has 0 saturated carbocycles. The lowest BCUT2D eigenvalue weighted by Gasteiger charge is -2.16. The predicted octanol–water partition coefficient (Wildman–Crippen LogP) is 1.54. The van der Waals surface area contributed by atoms with Gasteiger partial charge in [0.05, 0.1) is 0 Å². The highest BCUT2D eigenvalue weighted by atomic mass is 32.2. The van der Waals surface area contributed by atoms with Gasteiger partial charge in [-0.15, -0.1) is 0 Å². The summed E-state index contributed by atoms with van der Waals surface area (Å²) < 4.78 is 0. The number of carboxylic acids is 1. The average Bonchev–Trinajstić information content (AvgIpc) is 2.22. The topological polar surface area (TPSA) is 78.4 Å². The van der Waals surface area contributed by atoms with Crippen molar-refractivity contribution in [2.75, 3.05) is 18.6 Å². The van der Waals surface area contributed by atoms with Crippen LogP contribution in [0.15, 0.2) is 0 Å². The molecule has 2 amide bonds. The fraction of sp³-hybridized carbons (Fsp3) is 0.818. The van der Waals surface area contributed by atoms with E-state index < -0.39 is 18.0 Å². The van der Waals surface area contributed by atoms with E-state index in [1.807, 2.05) is 20.1 Å². The standard InChI is InChI=1S/C11H22N2O3S/c1-8(2)7-9(10(14)15)13-11(16)12-5-4-6-17-3/h8-9H,4-7H2,1-3H3,(H,14,15)(H2,12,13,16). The van der Waals surface area contributed by atoms with Gasteiger partial charge in [-0.25, -0.2) is 9.59 Å². The summed E-state index contributed by atoms with van der Waals surface area (Å²) in [4.78, 5) is 22.3. The van der Waals surface area contributed by atoms with Gasteiger partial charge < -0.3 is 15.7 Å². The Balaban J connectivity index is 3.91. The van der Waals surface area contributed by atoms with Crippen molar-refractivity contribution >= 4 is 23.8 Å². The van der Waals surface area contributed by atoms with Crippen LogP contribution in [0, 0.1) is 5.92 Å². The smallest absolute Gasteiger partial charge is 0.326 e. The van der Waals surface area contributed by atoms with Gasteiger partial charge in [-0.1, -0.05) is 13.8 Å². The van der Waals surface area contributed by atoms with E-state index in [1.54, 1.807) is 11.8 Å². The molecule has 0 fully saturated rings. The summed E-state index contributed by atoms with van der Waals surface area (Å²) >= 11 is 1.71. The summed E-state index contributed by atoms with van der Waals surface area (Å²) in [7, 11) is 0. The van der Waals surface area contributed by atoms with Crippen LogP contribution in [0.25, 0.3) is 0 Å². The molecule has 1 unspecified atom stereocenters. The van der Waals surface area contributed by atoms with Crippen LogP contribution in [0.3, 0.4) is 0 Å². The van der Waals surface area contributed by atoms with Gasteiger partial charge in [0.25, 0.3) is 0 Å². The Bertz CT molecular complexity index is 247. The third kappa shape index (κ3) is 8.85. The molecule has 0 bridgehead atoms. The van der Waals surface area contributed by atoms with Gasteiger partial charge in [-0.2, -0.15) is 11.8 Å². The SMILES string of the molecule is CSCCCNC(=O)NC(CC(C)C)C(=O)O. The van der Waals surface area contributed by atoms with E-state index in [4.69, 9.17) is 5.11 Å². The Morgan fingerprint density at radius 2 is 2.00 bits per heavy atom. The molecule has 5 nitrogen and oxygen atoms in total. The highest BCUT2D eigenvalue weighted by Gasteiger charge is 2.20. The van der Waals surface area contributed by atoms with Crippen molar-refractivity contribution in [2.24, 2.45) is 5.92 Å². The van der Waals surface area contributed by atoms with Gasteiger partial charge >= 0.3 is 12.0 Å². The number of aliphatic carboxylic acids is 1. The summed E-state index contributed by atoms with van der Waals surface area (Å²) in [5, 5.41) is 14.1. The fourth-order valence-electron chi connectivity index (χ4n) is 1.32. The Morgan fingerprint density at radius 3 is 2.47 bits per heavy atom. The fourth-order valence-corrected chi connectivity index (χ4v) is 1.75. The molecule has 0 aliphatic rings. The molecule has 6 heteroatoms. The van der Waals surface area contributed by atoms with Gasteiger partial charge in [-0.3, -0.25) is 0 Å². The molecule has 0 saturated heterocycles. The zero-order valence-corrected chi connectivity index (χ0v) is 11.5. The normalized spacial score (nSPS) is 12.2. The van der Waals surface area contributed by atoms with Crippen molar-refractivity contribution in [3.05, 3.63) is 0 Å². The average molecular weight is 262 g/mol. The van der Waals surface area contributed by atoms with Crippen LogP contribution >= 0.6 is 11.8 Å². The van der Waals surface area contributed by atoms with Gasteiger partial charge in [0.2, 0.25) is 0 Å². The molecular weight excluding hydrogens is 240 g/mol. The summed E-state index contributed by atoms with van der Waals surface area (Å²) in [6, 6.07) is -1.21. The molecule has 0 radical (unpaired) electrons. The van der Waals surface area contributed by atoms with E-state index in [0.29, 0.717) is 13.0 Å². The molecule has 0 spiro atoms. The number of rotatable bonds is 8. The molecule has 0 aliphatic heterocycles. The number of hydrogen-bond acceptors (Lipinski definition) is 3. The first-order valence-corrected chi connectivity index (χ1v) is 7.12. The van der Waals surface area contributed by atoms with Crippen molar-refractivity contribution in [1.29, 1.82) is 0 Å². The van der Waals surface area contributed by atoms with E-state index in [-0.39, 0.29) is 5.92 Å². The molecule has 1 atom stereocenters. The summed E-state index contributed by atoms with van der Waals surface area (Å²) in [5.41, 5.74) is 0. The number of amides is 2. The molecule has 0 aliphatic carbocycles. The monoisotopic (exact) mass is 262 g/mol. The first-order valence-electron chi connectivity index (χ1n) is 5.73. The van der Waals surface area contributed by atoms with Crippen molar-refractivity contribution in [2.45, 2.75) is 32.7 Å². The second-order valence-corrected chi connectivity index (χ2v) is 5.25. The van der Waals surface area contributed by atoms with Crippen molar-refractivity contribution < 1.29 is 14.7 Å². The zero-order chi connectivity index (χ0) is 13.3. The number of thioether (sulfide) groups is 1. The lowest BCUT2D eigenvalue weighted by Crippen LogP contribution is -2.46. The van der Waals surface area contributed by atoms with Crippen molar-refractivity contribution in [3.8, 4) is 0 Å². The van der Waals surface area contributed by atoms with Gasteiger partial charge in [0.1, 0.15) is 6.04 Å². The first-order chi connectivity index (χ1) is 7.97. The Hall–Kier alpha value is -0.910. The van der Waals surface area contributed by atoms with E-state index in [2.05, 4.69) is 10.6 Å². The second-order valence-electron chi connectivity index (χ2n) is 4.27. The number of carbonyl (C=O) groups is 2. The van der Waals surface area contributed by atoms with Crippen LogP contribution in [-0.4, -0.2) is 41.7 Å². The van der Waals surface area contributed by atoms with Crippen LogP contribution in [-0.2, 0) is 4.79 Å². The Morgan fingerprint density at radius 1 is 1.35 bits per heavy atom. The molecular formula is C11H22N2O3S. The minimum Gasteiger partial charge on any atom is -0.480 e. The first kappa shape index (κ1) is 16.1. The number of nitrogens with one attached hydrogen (secondary N) is 2. The third-order valence-electron chi connectivity index (χ3n) is 2.12. The summed E-state index contributed by atoms with van der Waals surface area (Å²) in [5.74, 6) is 0.222. The molecule has 100 valence electrons. The number of carbonyl (C=O) groups excluding carboxylic acids is 1. The van der Waals surface area contributed by atoms with Gasteiger partial charge in [-0.05, 0) is 30.8 Å². The molecule has 0 aromatic carbocycles. The second kappa shape index (κ2) is 9.15. The van der Waals surface area contributed by atoms with Gasteiger partial charge in [0, 0.05) is 6.54 Å².